The Bertz CT molecular complexity index is 1390. The summed E-state index contributed by atoms with van der Waals surface area (Å²) in [5, 5.41) is 76.1. The molecule has 2 spiro atoms. The van der Waals surface area contributed by atoms with E-state index < -0.39 is 53.6 Å². The Morgan fingerprint density at radius 3 is 2.33 bits per heavy atom. The van der Waals surface area contributed by atoms with Gasteiger partial charge in [-0.3, -0.25) is 4.79 Å². The number of allylic oxidation sites excluding steroid dienone is 2. The van der Waals surface area contributed by atoms with Gasteiger partial charge in [0, 0.05) is 17.4 Å². The lowest BCUT2D eigenvalue weighted by Gasteiger charge is -2.82. The van der Waals surface area contributed by atoms with Crippen LogP contribution in [0.15, 0.2) is 11.6 Å². The van der Waals surface area contributed by atoms with Crippen LogP contribution in [-0.2, 0) is 14.3 Å². The van der Waals surface area contributed by atoms with Gasteiger partial charge >= 0.3 is 5.97 Å². The summed E-state index contributed by atoms with van der Waals surface area (Å²) in [5.74, 6) is -0.457. The minimum Gasteiger partial charge on any atom is -0.481 e. The molecule has 7 fully saturated rings. The Hall–Kier alpha value is -1.11. The predicted molar refractivity (Wildman–Crippen MR) is 178 cm³/mol. The Morgan fingerprint density at radius 2 is 1.61 bits per heavy atom. The Balaban J connectivity index is 1.23. The third kappa shape index (κ3) is 4.10. The van der Waals surface area contributed by atoms with E-state index in [1.54, 1.807) is 0 Å². The Kier molecular flexibility index (Phi) is 7.99. The maximum absolute atomic E-state index is 13.4. The van der Waals surface area contributed by atoms with Gasteiger partial charge < -0.3 is 45.2 Å². The fourth-order valence-corrected chi connectivity index (χ4v) is 15.5. The molecule has 0 radical (unpaired) electrons. The van der Waals surface area contributed by atoms with E-state index in [-0.39, 0.29) is 58.7 Å². The fraction of sp³-hybridized carbons (Fsp3) is 0.923. The van der Waals surface area contributed by atoms with Crippen LogP contribution in [0.5, 0.6) is 0 Å². The van der Waals surface area contributed by atoms with Gasteiger partial charge in [-0.15, -0.1) is 0 Å². The Morgan fingerprint density at radius 1 is 0.857 bits per heavy atom. The zero-order chi connectivity index (χ0) is 35.0. The molecule has 16 atom stereocenters. The molecule has 2 bridgehead atoms. The normalized spacial score (nSPS) is 57.9. The second-order valence-electron chi connectivity index (χ2n) is 19.1. The van der Waals surface area contributed by atoms with Gasteiger partial charge in [-0.1, -0.05) is 45.3 Å². The van der Waals surface area contributed by atoms with Crippen molar-refractivity contribution < 1.29 is 50.0 Å². The number of aliphatic hydroxyl groups is 6. The molecule has 8 aliphatic rings. The average Bonchev–Trinajstić information content (AvgIpc) is 3.06. The van der Waals surface area contributed by atoms with Crippen LogP contribution in [0.3, 0.4) is 0 Å². The van der Waals surface area contributed by atoms with Gasteiger partial charge in [0.15, 0.2) is 6.29 Å². The highest BCUT2D eigenvalue weighted by Gasteiger charge is 2.81. The monoisotopic (exact) mass is 688 g/mol. The minimum absolute atomic E-state index is 0.000175. The number of hydrogen-bond acceptors (Lipinski definition) is 9. The molecular weight excluding hydrogens is 628 g/mol. The standard InChI is InChI=1S/C39H60O10/c1-33(20-40)14-15-36(32(46)47)16-22-6-4-9-38-13-8-27-34(2,21-41)30(49-31-29(45)28(44)26(43)19-48-31)25(42)18-35(27,3)37(38)10-5-11-39(22,38)23(7-12-37)24(36)17-33/h7,22,24-31,40-45H,4-6,8-21H2,1-3H3,(H,46,47). The molecule has 0 aromatic rings. The van der Waals surface area contributed by atoms with Crippen molar-refractivity contribution in [3.05, 3.63) is 11.6 Å². The van der Waals surface area contributed by atoms with Crippen LogP contribution in [0, 0.1) is 55.7 Å². The van der Waals surface area contributed by atoms with Crippen LogP contribution in [0.1, 0.15) is 111 Å². The van der Waals surface area contributed by atoms with Crippen molar-refractivity contribution in [3.8, 4) is 0 Å². The molecule has 49 heavy (non-hydrogen) atoms. The number of ether oxygens (including phenoxy) is 2. The molecule has 0 aromatic carbocycles. The van der Waals surface area contributed by atoms with Gasteiger partial charge in [0.2, 0.25) is 0 Å². The second kappa shape index (κ2) is 11.2. The van der Waals surface area contributed by atoms with Gasteiger partial charge in [-0.25, -0.2) is 0 Å². The van der Waals surface area contributed by atoms with E-state index in [0.29, 0.717) is 31.6 Å². The molecule has 1 aliphatic heterocycles. The van der Waals surface area contributed by atoms with Gasteiger partial charge in [0.1, 0.15) is 18.3 Å². The average molecular weight is 689 g/mol. The molecule has 0 amide bonds. The molecule has 0 aromatic heterocycles. The maximum atomic E-state index is 13.4. The molecule has 7 N–H and O–H groups in total. The summed E-state index contributed by atoms with van der Waals surface area (Å²) in [4.78, 5) is 13.4. The number of rotatable bonds is 5. The van der Waals surface area contributed by atoms with E-state index in [2.05, 4.69) is 19.9 Å². The van der Waals surface area contributed by atoms with Gasteiger partial charge in [-0.05, 0) is 116 Å². The van der Waals surface area contributed by atoms with Crippen LogP contribution in [-0.4, -0.2) is 98.3 Å². The number of hydrogen-bond donors (Lipinski definition) is 7. The second-order valence-corrected chi connectivity index (χ2v) is 19.1. The molecule has 1 heterocycles. The largest absolute Gasteiger partial charge is 0.481 e. The van der Waals surface area contributed by atoms with Crippen molar-refractivity contribution in [2.75, 3.05) is 19.8 Å². The Labute approximate surface area is 290 Å². The van der Waals surface area contributed by atoms with E-state index in [1.165, 1.54) is 5.57 Å². The minimum atomic E-state index is -1.49. The zero-order valence-electron chi connectivity index (χ0n) is 29.6. The summed E-state index contributed by atoms with van der Waals surface area (Å²) >= 11 is 0. The van der Waals surface area contributed by atoms with Gasteiger partial charge in [0.05, 0.1) is 30.8 Å². The number of aliphatic carboxylic acids is 1. The van der Waals surface area contributed by atoms with Crippen molar-refractivity contribution in [3.63, 3.8) is 0 Å². The van der Waals surface area contributed by atoms with Gasteiger partial charge in [-0.2, -0.15) is 0 Å². The maximum Gasteiger partial charge on any atom is 0.310 e. The summed E-state index contributed by atoms with van der Waals surface area (Å²) in [6.07, 6.45) is 7.57. The number of fused-ring (bicyclic) bond motifs is 3. The smallest absolute Gasteiger partial charge is 0.310 e. The van der Waals surface area contributed by atoms with E-state index in [1.807, 2.05) is 6.92 Å². The van der Waals surface area contributed by atoms with Crippen molar-refractivity contribution in [2.24, 2.45) is 55.7 Å². The van der Waals surface area contributed by atoms with Crippen LogP contribution in [0.2, 0.25) is 0 Å². The highest BCUT2D eigenvalue weighted by molar-refractivity contribution is 5.77. The summed E-state index contributed by atoms with van der Waals surface area (Å²) in [6.45, 7) is 6.16. The van der Waals surface area contributed by atoms with Crippen LogP contribution in [0.25, 0.3) is 0 Å². The first-order chi connectivity index (χ1) is 23.1. The molecule has 10 heteroatoms. The summed E-state index contributed by atoms with van der Waals surface area (Å²) in [5.41, 5.74) is -1.19. The SMILES string of the molecule is CC1(CO)CCC2(C(=O)O)CC3CCCC45CCC6C(C)(CO)C(OC7OCC(O)C(O)C7O)C(O)CC6(C)C46CC=C(C2C1)C35CCC6. The number of aliphatic hydroxyl groups excluding tert-OH is 6. The van der Waals surface area contributed by atoms with Crippen molar-refractivity contribution >= 4 is 5.97 Å². The molecule has 10 nitrogen and oxygen atoms in total. The molecule has 276 valence electrons. The summed E-state index contributed by atoms with van der Waals surface area (Å²) in [6, 6.07) is 0. The first-order valence-corrected chi connectivity index (χ1v) is 19.3. The zero-order valence-corrected chi connectivity index (χ0v) is 29.6. The molecule has 1 saturated heterocycles. The predicted octanol–water partition coefficient (Wildman–Crippen LogP) is 3.54. The number of carboxylic acid groups (broad SMARTS) is 1. The summed E-state index contributed by atoms with van der Waals surface area (Å²) in [7, 11) is 0. The quantitative estimate of drug-likeness (QED) is 0.167. The van der Waals surface area contributed by atoms with E-state index >= 15 is 0 Å². The molecular formula is C39H60O10. The van der Waals surface area contributed by atoms with E-state index in [4.69, 9.17) is 9.47 Å². The van der Waals surface area contributed by atoms with Crippen molar-refractivity contribution in [1.29, 1.82) is 0 Å². The molecule has 7 aliphatic carbocycles. The number of carboxylic acids is 1. The van der Waals surface area contributed by atoms with E-state index in [9.17, 15) is 40.5 Å². The summed E-state index contributed by atoms with van der Waals surface area (Å²) < 4.78 is 12.0. The van der Waals surface area contributed by atoms with Crippen molar-refractivity contribution in [1.82, 2.24) is 0 Å². The lowest BCUT2D eigenvalue weighted by molar-refractivity contribution is -0.350. The lowest BCUT2D eigenvalue weighted by atomic mass is 9.22. The molecule has 8 rings (SSSR count). The third-order valence-corrected chi connectivity index (χ3v) is 17.5. The van der Waals surface area contributed by atoms with Crippen LogP contribution in [0.4, 0.5) is 0 Å². The molecule has 6 saturated carbocycles. The third-order valence-electron chi connectivity index (χ3n) is 17.5. The highest BCUT2D eigenvalue weighted by Crippen LogP contribution is 2.87. The van der Waals surface area contributed by atoms with Gasteiger partial charge in [0.25, 0.3) is 0 Å². The first kappa shape index (κ1) is 34.9. The van der Waals surface area contributed by atoms with Crippen LogP contribution >= 0.6 is 0 Å². The molecule has 16 unspecified atom stereocenters. The lowest BCUT2D eigenvalue weighted by Crippen LogP contribution is -2.77. The topological polar surface area (TPSA) is 177 Å². The highest BCUT2D eigenvalue weighted by atomic mass is 16.7. The van der Waals surface area contributed by atoms with Crippen LogP contribution < -0.4 is 0 Å². The van der Waals surface area contributed by atoms with Crippen molar-refractivity contribution in [2.45, 2.75) is 147 Å². The first-order valence-electron chi connectivity index (χ1n) is 19.3. The van der Waals surface area contributed by atoms with E-state index in [0.717, 1.165) is 64.2 Å². The fourth-order valence-electron chi connectivity index (χ4n) is 15.5. The number of carbonyl (C=O) groups is 1.